The van der Waals surface area contributed by atoms with E-state index in [4.69, 9.17) is 18.6 Å². The van der Waals surface area contributed by atoms with Crippen molar-refractivity contribution in [1.82, 2.24) is 4.90 Å². The maximum atomic E-state index is 13.8. The fourth-order valence-corrected chi connectivity index (χ4v) is 5.40. The standard InChI is InChI=1S/C25H32N2O8Si/c1-15(24(28)26-16(2)22(34-25(26)29)17-11-9-8-10-12-17)21(35-36(5,6)7)19-13-18(32-3)14-20(27(30)31)23(19)33-4/h8-16,21-22H,1-7H3/t15-,16-,21-,22-/m1/s1. The van der Waals surface area contributed by atoms with Crippen molar-refractivity contribution in [2.75, 3.05) is 14.2 Å². The Bertz CT molecular complexity index is 1130. The van der Waals surface area contributed by atoms with Gasteiger partial charge in [0.2, 0.25) is 11.7 Å². The van der Waals surface area contributed by atoms with Crippen LogP contribution in [0.4, 0.5) is 10.5 Å². The Balaban J connectivity index is 2.05. The molecule has 0 radical (unpaired) electrons. The van der Waals surface area contributed by atoms with Gasteiger partial charge in [0.15, 0.2) is 8.32 Å². The SMILES string of the molecule is COc1cc([C@H](O[Si](C)(C)C)[C@@H](C)C(=O)N2C(=O)O[C@@H](c3ccccc3)[C@H]2C)c(OC)c([N+](=O)[O-])c1. The third kappa shape index (κ3) is 5.52. The molecule has 2 aromatic carbocycles. The van der Waals surface area contributed by atoms with Crippen LogP contribution < -0.4 is 9.47 Å². The molecule has 0 aromatic heterocycles. The Labute approximate surface area is 211 Å². The van der Waals surface area contributed by atoms with E-state index in [1.807, 2.05) is 50.0 Å². The molecule has 3 rings (SSSR count). The van der Waals surface area contributed by atoms with E-state index in [0.29, 0.717) is 5.56 Å². The molecular weight excluding hydrogens is 484 g/mol. The maximum absolute atomic E-state index is 13.8. The van der Waals surface area contributed by atoms with Crippen molar-refractivity contribution in [3.8, 4) is 11.5 Å². The lowest BCUT2D eigenvalue weighted by molar-refractivity contribution is -0.385. The number of amides is 2. The van der Waals surface area contributed by atoms with E-state index >= 15 is 0 Å². The second-order valence-electron chi connectivity index (χ2n) is 9.63. The van der Waals surface area contributed by atoms with Gasteiger partial charge in [-0.2, -0.15) is 0 Å². The zero-order chi connectivity index (χ0) is 26.8. The monoisotopic (exact) mass is 516 g/mol. The summed E-state index contributed by atoms with van der Waals surface area (Å²) in [6.45, 7) is 9.20. The summed E-state index contributed by atoms with van der Waals surface area (Å²) in [5.41, 5.74) is 0.765. The number of rotatable bonds is 9. The Kier molecular flexibility index (Phi) is 8.04. The first kappa shape index (κ1) is 27.1. The minimum absolute atomic E-state index is 0.0251. The minimum atomic E-state index is -2.31. The van der Waals surface area contributed by atoms with Crippen molar-refractivity contribution < 1.29 is 33.1 Å². The van der Waals surface area contributed by atoms with Gasteiger partial charge >= 0.3 is 11.8 Å². The molecule has 2 aromatic rings. The van der Waals surface area contributed by atoms with Crippen molar-refractivity contribution in [3.63, 3.8) is 0 Å². The van der Waals surface area contributed by atoms with Crippen LogP contribution in [-0.4, -0.2) is 50.4 Å². The van der Waals surface area contributed by atoms with Gasteiger partial charge < -0.3 is 18.6 Å². The lowest BCUT2D eigenvalue weighted by atomic mass is 9.93. The zero-order valence-electron chi connectivity index (χ0n) is 21.5. The van der Waals surface area contributed by atoms with Crippen molar-refractivity contribution in [1.29, 1.82) is 0 Å². The molecule has 1 fully saturated rings. The second-order valence-corrected chi connectivity index (χ2v) is 14.1. The van der Waals surface area contributed by atoms with Gasteiger partial charge in [0, 0.05) is 5.56 Å². The van der Waals surface area contributed by atoms with Crippen LogP contribution in [0.3, 0.4) is 0 Å². The molecule has 194 valence electrons. The van der Waals surface area contributed by atoms with Gasteiger partial charge in [0.05, 0.1) is 43.3 Å². The third-order valence-corrected chi connectivity index (χ3v) is 6.94. The third-order valence-electron chi connectivity index (χ3n) is 5.97. The number of nitro groups is 1. The Hall–Kier alpha value is -3.44. The normalized spacial score (nSPS) is 19.4. The Morgan fingerprint density at radius 2 is 1.78 bits per heavy atom. The van der Waals surface area contributed by atoms with Gasteiger partial charge in [-0.3, -0.25) is 14.9 Å². The van der Waals surface area contributed by atoms with E-state index in [1.54, 1.807) is 19.9 Å². The first-order chi connectivity index (χ1) is 16.9. The highest BCUT2D eigenvalue weighted by atomic mass is 28.4. The summed E-state index contributed by atoms with van der Waals surface area (Å²) in [5, 5.41) is 11.8. The first-order valence-corrected chi connectivity index (χ1v) is 15.0. The van der Waals surface area contributed by atoms with Crippen molar-refractivity contribution in [3.05, 3.63) is 63.7 Å². The summed E-state index contributed by atoms with van der Waals surface area (Å²) in [7, 11) is 0.401. The minimum Gasteiger partial charge on any atom is -0.496 e. The van der Waals surface area contributed by atoms with Crippen LogP contribution in [0.2, 0.25) is 19.6 Å². The highest BCUT2D eigenvalue weighted by molar-refractivity contribution is 6.69. The second kappa shape index (κ2) is 10.7. The fourth-order valence-electron chi connectivity index (χ4n) is 4.31. The van der Waals surface area contributed by atoms with Crippen LogP contribution in [0, 0.1) is 16.0 Å². The van der Waals surface area contributed by atoms with E-state index in [-0.39, 0.29) is 17.2 Å². The quantitative estimate of drug-likeness (QED) is 0.252. The molecular formula is C25H32N2O8Si. The molecule has 0 saturated carbocycles. The smallest absolute Gasteiger partial charge is 0.417 e. The van der Waals surface area contributed by atoms with Gasteiger partial charge in [-0.05, 0) is 38.2 Å². The molecule has 1 heterocycles. The molecule has 1 saturated heterocycles. The average Bonchev–Trinajstić information content (AvgIpc) is 3.14. The number of nitrogens with zero attached hydrogens (tertiary/aromatic N) is 2. The van der Waals surface area contributed by atoms with Crippen molar-refractivity contribution >= 4 is 26.0 Å². The molecule has 11 heteroatoms. The number of hydrogen-bond acceptors (Lipinski definition) is 8. The van der Waals surface area contributed by atoms with Crippen molar-refractivity contribution in [2.24, 2.45) is 5.92 Å². The molecule has 0 aliphatic carbocycles. The Morgan fingerprint density at radius 3 is 2.31 bits per heavy atom. The van der Waals surface area contributed by atoms with Gasteiger partial charge in [-0.25, -0.2) is 9.69 Å². The lowest BCUT2D eigenvalue weighted by Crippen LogP contribution is -2.44. The predicted octanol–water partition coefficient (Wildman–Crippen LogP) is 5.25. The van der Waals surface area contributed by atoms with Gasteiger partial charge in [-0.15, -0.1) is 0 Å². The van der Waals surface area contributed by atoms with Gasteiger partial charge in [0.25, 0.3) is 0 Å². The van der Waals surface area contributed by atoms with Crippen LogP contribution in [0.1, 0.15) is 37.2 Å². The van der Waals surface area contributed by atoms with Gasteiger partial charge in [0.1, 0.15) is 11.9 Å². The molecule has 1 aliphatic heterocycles. The van der Waals surface area contributed by atoms with Crippen LogP contribution in [0.15, 0.2) is 42.5 Å². The Morgan fingerprint density at radius 1 is 1.14 bits per heavy atom. The van der Waals surface area contributed by atoms with E-state index in [0.717, 1.165) is 10.5 Å². The topological polar surface area (TPSA) is 117 Å². The van der Waals surface area contributed by atoms with E-state index in [9.17, 15) is 19.7 Å². The van der Waals surface area contributed by atoms with Gasteiger partial charge in [-0.1, -0.05) is 37.3 Å². The van der Waals surface area contributed by atoms with E-state index in [1.165, 1.54) is 20.3 Å². The molecule has 0 spiro atoms. The number of ether oxygens (including phenoxy) is 3. The highest BCUT2D eigenvalue weighted by Gasteiger charge is 2.47. The molecule has 2 amide bonds. The molecule has 0 bridgehead atoms. The molecule has 1 aliphatic rings. The molecule has 0 unspecified atom stereocenters. The number of cyclic esters (lactones) is 1. The number of carbonyl (C=O) groups is 2. The predicted molar refractivity (Wildman–Crippen MR) is 135 cm³/mol. The largest absolute Gasteiger partial charge is 0.496 e. The van der Waals surface area contributed by atoms with Crippen LogP contribution >= 0.6 is 0 Å². The number of benzene rings is 2. The molecule has 4 atom stereocenters. The molecule has 0 N–H and O–H groups in total. The summed E-state index contributed by atoms with van der Waals surface area (Å²) in [6, 6.07) is 11.5. The first-order valence-electron chi connectivity index (χ1n) is 11.6. The summed E-state index contributed by atoms with van der Waals surface area (Å²) in [4.78, 5) is 38.9. The molecule has 10 nitrogen and oxygen atoms in total. The maximum Gasteiger partial charge on any atom is 0.417 e. The summed E-state index contributed by atoms with van der Waals surface area (Å²) < 4.78 is 22.7. The summed E-state index contributed by atoms with van der Waals surface area (Å²) in [5.74, 6) is -1.22. The van der Waals surface area contributed by atoms with E-state index in [2.05, 4.69) is 0 Å². The van der Waals surface area contributed by atoms with E-state index < -0.39 is 49.4 Å². The van der Waals surface area contributed by atoms with Crippen LogP contribution in [0.5, 0.6) is 11.5 Å². The lowest BCUT2D eigenvalue weighted by Gasteiger charge is -2.33. The molecule has 36 heavy (non-hydrogen) atoms. The highest BCUT2D eigenvalue weighted by Crippen LogP contribution is 2.44. The zero-order valence-corrected chi connectivity index (χ0v) is 22.5. The van der Waals surface area contributed by atoms with Crippen molar-refractivity contribution in [2.45, 2.75) is 51.7 Å². The fraction of sp³-hybridized carbons (Fsp3) is 0.440. The number of nitro benzene ring substituents is 1. The number of carbonyl (C=O) groups excluding carboxylic acids is 2. The average molecular weight is 517 g/mol. The number of imide groups is 1. The number of methoxy groups -OCH3 is 2. The van der Waals surface area contributed by atoms with Crippen LogP contribution in [0.25, 0.3) is 0 Å². The summed E-state index contributed by atoms with van der Waals surface area (Å²) >= 11 is 0. The summed E-state index contributed by atoms with van der Waals surface area (Å²) in [6.07, 6.45) is -2.30. The van der Waals surface area contributed by atoms with Crippen LogP contribution in [-0.2, 0) is 14.0 Å². The number of hydrogen-bond donors (Lipinski definition) is 0.